The standard InChI is InChI=1S/C27H31Cl2N7O/c1-36-13-12-30-16-24(36)17-6-8-19(9-7-17)34-27-31-15-21(25(35-27)32-18-4-2-3-5-18)26(37)33-20-10-11-22(28)23(29)14-20/h6-11,14-15,18,24,30H,2-5,12-13,16H2,1H3,(H,33,37)(H2,31,32,34,35). The molecule has 1 aliphatic carbocycles. The van der Waals surface area contributed by atoms with Crippen LogP contribution >= 0.6 is 23.2 Å². The van der Waals surface area contributed by atoms with Gasteiger partial charge in [-0.25, -0.2) is 4.98 Å². The van der Waals surface area contributed by atoms with Crippen molar-refractivity contribution in [3.05, 3.63) is 69.8 Å². The zero-order valence-electron chi connectivity index (χ0n) is 20.7. The van der Waals surface area contributed by atoms with E-state index in [2.05, 4.69) is 50.3 Å². The summed E-state index contributed by atoms with van der Waals surface area (Å²) in [7, 11) is 2.16. The molecule has 4 N–H and O–H groups in total. The van der Waals surface area contributed by atoms with Crippen LogP contribution in [0.1, 0.15) is 47.6 Å². The summed E-state index contributed by atoms with van der Waals surface area (Å²) in [4.78, 5) is 24.6. The molecule has 1 amide bonds. The molecule has 1 atom stereocenters. The Kier molecular flexibility index (Phi) is 8.10. The van der Waals surface area contributed by atoms with E-state index in [1.54, 1.807) is 24.4 Å². The van der Waals surface area contributed by atoms with Gasteiger partial charge >= 0.3 is 0 Å². The first-order valence-corrected chi connectivity index (χ1v) is 13.4. The molecule has 3 aromatic rings. The molecule has 1 unspecified atom stereocenters. The first-order valence-electron chi connectivity index (χ1n) is 12.6. The molecule has 8 nitrogen and oxygen atoms in total. The van der Waals surface area contributed by atoms with Crippen molar-refractivity contribution in [2.45, 2.75) is 37.8 Å². The predicted molar refractivity (Wildman–Crippen MR) is 150 cm³/mol. The smallest absolute Gasteiger partial charge is 0.260 e. The lowest BCUT2D eigenvalue weighted by atomic mass is 10.0. The Morgan fingerprint density at radius 2 is 1.81 bits per heavy atom. The molecule has 1 aliphatic heterocycles. The van der Waals surface area contributed by atoms with Crippen molar-refractivity contribution in [1.82, 2.24) is 20.2 Å². The molecule has 10 heteroatoms. The Morgan fingerprint density at radius 1 is 1.05 bits per heavy atom. The Hall–Kier alpha value is -2.91. The van der Waals surface area contributed by atoms with Crippen molar-refractivity contribution in [2.75, 3.05) is 42.6 Å². The van der Waals surface area contributed by atoms with E-state index in [1.807, 2.05) is 12.1 Å². The maximum atomic E-state index is 13.2. The lowest BCUT2D eigenvalue weighted by Gasteiger charge is -2.33. The van der Waals surface area contributed by atoms with Crippen LogP contribution in [0.2, 0.25) is 10.0 Å². The van der Waals surface area contributed by atoms with Crippen LogP contribution in [-0.4, -0.2) is 53.5 Å². The van der Waals surface area contributed by atoms with Gasteiger partial charge in [0, 0.05) is 49.3 Å². The van der Waals surface area contributed by atoms with Gasteiger partial charge in [-0.3, -0.25) is 9.69 Å². The summed E-state index contributed by atoms with van der Waals surface area (Å²) in [5.74, 6) is 0.615. The van der Waals surface area contributed by atoms with Gasteiger partial charge in [-0.15, -0.1) is 0 Å². The molecule has 2 aliphatic rings. The first-order chi connectivity index (χ1) is 18.0. The highest BCUT2D eigenvalue weighted by Crippen LogP contribution is 2.28. The van der Waals surface area contributed by atoms with E-state index in [0.29, 0.717) is 39.1 Å². The SMILES string of the molecule is CN1CCNCC1c1ccc(Nc2ncc(C(=O)Nc3ccc(Cl)c(Cl)c3)c(NC3CCCC3)n2)cc1. The third-order valence-electron chi connectivity index (χ3n) is 6.97. The zero-order chi connectivity index (χ0) is 25.8. The van der Waals surface area contributed by atoms with Crippen LogP contribution in [0, 0.1) is 0 Å². The fraction of sp³-hybridized carbons (Fsp3) is 0.370. The molecule has 194 valence electrons. The van der Waals surface area contributed by atoms with E-state index in [4.69, 9.17) is 28.2 Å². The summed E-state index contributed by atoms with van der Waals surface area (Å²) in [6.45, 7) is 2.98. The van der Waals surface area contributed by atoms with Gasteiger partial charge in [0.15, 0.2) is 0 Å². The van der Waals surface area contributed by atoms with E-state index in [-0.39, 0.29) is 11.9 Å². The minimum absolute atomic E-state index is 0.277. The van der Waals surface area contributed by atoms with Crippen LogP contribution in [0.4, 0.5) is 23.1 Å². The fourth-order valence-electron chi connectivity index (χ4n) is 4.85. The number of carbonyl (C=O) groups is 1. The van der Waals surface area contributed by atoms with E-state index < -0.39 is 0 Å². The normalized spacial score (nSPS) is 18.5. The third-order valence-corrected chi connectivity index (χ3v) is 7.71. The topological polar surface area (TPSA) is 94.2 Å². The van der Waals surface area contributed by atoms with Crippen molar-refractivity contribution >= 4 is 52.3 Å². The number of nitrogens with zero attached hydrogens (tertiary/aromatic N) is 3. The molecular formula is C27H31Cl2N7O. The van der Waals surface area contributed by atoms with Crippen LogP contribution in [-0.2, 0) is 0 Å². The van der Waals surface area contributed by atoms with Gasteiger partial charge in [-0.2, -0.15) is 4.98 Å². The van der Waals surface area contributed by atoms with Gasteiger partial charge in [0.1, 0.15) is 11.4 Å². The average Bonchev–Trinajstić information content (AvgIpc) is 3.40. The molecule has 0 bridgehead atoms. The highest BCUT2D eigenvalue weighted by atomic mass is 35.5. The van der Waals surface area contributed by atoms with Crippen LogP contribution in [0.25, 0.3) is 0 Å². The second-order valence-corrected chi connectivity index (χ2v) is 10.4. The monoisotopic (exact) mass is 539 g/mol. The van der Waals surface area contributed by atoms with Crippen LogP contribution in [0.3, 0.4) is 0 Å². The van der Waals surface area contributed by atoms with Gasteiger partial charge < -0.3 is 21.3 Å². The van der Waals surface area contributed by atoms with Crippen molar-refractivity contribution in [2.24, 2.45) is 0 Å². The van der Waals surface area contributed by atoms with Crippen molar-refractivity contribution in [1.29, 1.82) is 0 Å². The Labute approximate surface area is 227 Å². The lowest BCUT2D eigenvalue weighted by Crippen LogP contribution is -2.43. The number of rotatable bonds is 7. The number of hydrogen-bond donors (Lipinski definition) is 4. The van der Waals surface area contributed by atoms with E-state index in [0.717, 1.165) is 51.0 Å². The van der Waals surface area contributed by atoms with Crippen LogP contribution in [0.5, 0.6) is 0 Å². The Morgan fingerprint density at radius 3 is 2.54 bits per heavy atom. The summed E-state index contributed by atoms with van der Waals surface area (Å²) < 4.78 is 0. The Balaban J connectivity index is 1.34. The quantitative estimate of drug-likeness (QED) is 0.305. The molecule has 37 heavy (non-hydrogen) atoms. The summed E-state index contributed by atoms with van der Waals surface area (Å²) in [5, 5.41) is 13.9. The number of carbonyl (C=O) groups excluding carboxylic acids is 1. The summed E-state index contributed by atoms with van der Waals surface area (Å²) in [6, 6.07) is 13.9. The lowest BCUT2D eigenvalue weighted by molar-refractivity contribution is 0.102. The predicted octanol–water partition coefficient (Wildman–Crippen LogP) is 5.71. The van der Waals surface area contributed by atoms with Crippen molar-refractivity contribution in [3.63, 3.8) is 0 Å². The number of aromatic nitrogens is 2. The number of anilines is 4. The summed E-state index contributed by atoms with van der Waals surface area (Å²) >= 11 is 12.1. The highest BCUT2D eigenvalue weighted by molar-refractivity contribution is 6.42. The maximum absolute atomic E-state index is 13.2. The van der Waals surface area contributed by atoms with Crippen molar-refractivity contribution in [3.8, 4) is 0 Å². The molecule has 0 radical (unpaired) electrons. The fourth-order valence-corrected chi connectivity index (χ4v) is 5.15. The number of halogens is 2. The summed E-state index contributed by atoms with van der Waals surface area (Å²) in [6.07, 6.45) is 5.98. The van der Waals surface area contributed by atoms with Gasteiger partial charge in [-0.1, -0.05) is 48.2 Å². The molecule has 1 aromatic heterocycles. The molecule has 5 rings (SSSR count). The number of likely N-dealkylation sites (N-methyl/N-ethyl adjacent to an activating group) is 1. The molecule has 1 saturated carbocycles. The third kappa shape index (κ3) is 6.33. The van der Waals surface area contributed by atoms with E-state index >= 15 is 0 Å². The van der Waals surface area contributed by atoms with E-state index in [1.165, 1.54) is 5.56 Å². The second kappa shape index (κ2) is 11.6. The van der Waals surface area contributed by atoms with Gasteiger partial charge in [0.05, 0.1) is 10.0 Å². The zero-order valence-corrected chi connectivity index (χ0v) is 22.2. The molecular weight excluding hydrogens is 509 g/mol. The van der Waals surface area contributed by atoms with E-state index in [9.17, 15) is 4.79 Å². The number of benzene rings is 2. The van der Waals surface area contributed by atoms with Crippen LogP contribution < -0.4 is 21.3 Å². The van der Waals surface area contributed by atoms with Gasteiger partial charge in [0.25, 0.3) is 5.91 Å². The number of nitrogens with one attached hydrogen (secondary N) is 4. The Bertz CT molecular complexity index is 1250. The average molecular weight is 540 g/mol. The second-order valence-electron chi connectivity index (χ2n) is 9.61. The number of piperazine rings is 1. The molecule has 1 saturated heterocycles. The molecule has 2 fully saturated rings. The summed E-state index contributed by atoms with van der Waals surface area (Å²) in [5.41, 5.74) is 3.06. The minimum atomic E-state index is -0.319. The maximum Gasteiger partial charge on any atom is 0.260 e. The number of hydrogen-bond acceptors (Lipinski definition) is 7. The van der Waals surface area contributed by atoms with Gasteiger partial charge in [-0.05, 0) is 55.8 Å². The highest BCUT2D eigenvalue weighted by Gasteiger charge is 2.22. The number of amides is 1. The molecule has 0 spiro atoms. The molecule has 2 heterocycles. The molecule has 2 aromatic carbocycles. The first kappa shape index (κ1) is 25.7. The van der Waals surface area contributed by atoms with Crippen molar-refractivity contribution < 1.29 is 4.79 Å². The van der Waals surface area contributed by atoms with Gasteiger partial charge in [0.2, 0.25) is 5.95 Å². The largest absolute Gasteiger partial charge is 0.367 e. The minimum Gasteiger partial charge on any atom is -0.367 e. The van der Waals surface area contributed by atoms with Crippen LogP contribution in [0.15, 0.2) is 48.7 Å².